The van der Waals surface area contributed by atoms with E-state index in [9.17, 15) is 24.2 Å². The SMILES string of the molecule is C=CC1C(C=C)C(OCc2ccccc2)C(OP(=O)(O)OC[C@@H](COC(=O)CCCCCCCCCCCCCCC)OC(=O)CCCCCCCCCCCCCCC)C(O)C1OCc1ccccc1. The molecule has 2 N–H and O–H groups in total. The van der Waals surface area contributed by atoms with E-state index >= 15 is 0 Å². The summed E-state index contributed by atoms with van der Waals surface area (Å²) >= 11 is 0. The standard InChI is InChI=1S/C59H95O11P/c1-5-9-11-13-15-17-19-21-23-25-27-29-37-43-54(60)65-47-51(69-55(61)44-38-30-28-26-24-22-20-18-16-14-12-10-6-2)48-68-71(63,64)70-59-56(62)57(66-45-49-39-33-31-34-40-49)52(7-3)53(8-4)58(59)67-46-50-41-35-32-36-42-50/h7-8,31-36,39-42,51-53,56-59,62H,3-6,9-30,37-38,43-48H2,1-2H3,(H,63,64)/t51-,52?,53?,56?,57?,58?,59?/m1/s1. The normalized spacial score (nSPS) is 20.2. The van der Waals surface area contributed by atoms with Gasteiger partial charge in [-0.3, -0.25) is 18.6 Å². The van der Waals surface area contributed by atoms with Crippen molar-refractivity contribution in [2.75, 3.05) is 13.2 Å². The molecule has 1 aliphatic rings. The van der Waals surface area contributed by atoms with Gasteiger partial charge in [0.05, 0.1) is 32.0 Å². The van der Waals surface area contributed by atoms with Crippen LogP contribution < -0.4 is 0 Å². The predicted molar refractivity (Wildman–Crippen MR) is 286 cm³/mol. The first-order valence-electron chi connectivity index (χ1n) is 27.9. The second-order valence-corrected chi connectivity index (χ2v) is 21.2. The van der Waals surface area contributed by atoms with Crippen LogP contribution in [0.1, 0.15) is 205 Å². The molecule has 0 aliphatic heterocycles. The zero-order valence-corrected chi connectivity index (χ0v) is 44.9. The molecule has 0 heterocycles. The van der Waals surface area contributed by atoms with E-state index < -0.39 is 68.7 Å². The van der Waals surface area contributed by atoms with Gasteiger partial charge in [0.2, 0.25) is 0 Å². The van der Waals surface area contributed by atoms with Gasteiger partial charge in [-0.2, -0.15) is 0 Å². The maximum Gasteiger partial charge on any atom is 0.472 e. The minimum Gasteiger partial charge on any atom is -0.462 e. The van der Waals surface area contributed by atoms with Crippen LogP contribution in [0.25, 0.3) is 0 Å². The minimum atomic E-state index is -5.03. The molecule has 3 rings (SSSR count). The summed E-state index contributed by atoms with van der Waals surface area (Å²) < 4.78 is 49.4. The third kappa shape index (κ3) is 27.6. The summed E-state index contributed by atoms with van der Waals surface area (Å²) in [5.41, 5.74) is 1.71. The summed E-state index contributed by atoms with van der Waals surface area (Å²) in [5, 5.41) is 12.0. The molecule has 11 nitrogen and oxygen atoms in total. The van der Waals surface area contributed by atoms with Gasteiger partial charge in [-0.1, -0.05) is 241 Å². The van der Waals surface area contributed by atoms with Crippen LogP contribution in [0, 0.1) is 11.8 Å². The van der Waals surface area contributed by atoms with Gasteiger partial charge in [0.1, 0.15) is 18.8 Å². The van der Waals surface area contributed by atoms with Crippen molar-refractivity contribution in [3.63, 3.8) is 0 Å². The molecule has 0 amide bonds. The minimum absolute atomic E-state index is 0.111. The maximum atomic E-state index is 14.0. The van der Waals surface area contributed by atoms with E-state index in [4.69, 9.17) is 28.0 Å². The highest BCUT2D eigenvalue weighted by atomic mass is 31.2. The molecular weight excluding hydrogens is 916 g/mol. The molecule has 0 aromatic heterocycles. The molecule has 0 spiro atoms. The number of ether oxygens (including phenoxy) is 4. The summed E-state index contributed by atoms with van der Waals surface area (Å²) in [6, 6.07) is 18.9. The van der Waals surface area contributed by atoms with Crippen LogP contribution >= 0.6 is 7.82 Å². The van der Waals surface area contributed by atoms with Crippen LogP contribution in [0.3, 0.4) is 0 Å². The van der Waals surface area contributed by atoms with Gasteiger partial charge in [-0.15, -0.1) is 13.2 Å². The van der Waals surface area contributed by atoms with E-state index in [2.05, 4.69) is 27.0 Å². The Labute approximate surface area is 429 Å². The molecule has 402 valence electrons. The van der Waals surface area contributed by atoms with Crippen LogP contribution in [0.2, 0.25) is 0 Å². The van der Waals surface area contributed by atoms with Crippen molar-refractivity contribution in [3.8, 4) is 0 Å². The molecule has 71 heavy (non-hydrogen) atoms. The molecule has 12 heteroatoms. The van der Waals surface area contributed by atoms with Gasteiger partial charge in [-0.25, -0.2) is 4.57 Å². The molecule has 2 aromatic carbocycles. The Morgan fingerprint density at radius 3 is 1.35 bits per heavy atom. The highest BCUT2D eigenvalue weighted by molar-refractivity contribution is 7.47. The Kier molecular flexibility index (Phi) is 34.4. The summed E-state index contributed by atoms with van der Waals surface area (Å²) in [6.45, 7) is 11.9. The van der Waals surface area contributed by atoms with E-state index in [0.29, 0.717) is 12.8 Å². The Balaban J connectivity index is 1.60. The Bertz CT molecular complexity index is 1710. The Morgan fingerprint density at radius 2 is 0.930 bits per heavy atom. The van der Waals surface area contributed by atoms with Crippen LogP contribution in [0.4, 0.5) is 0 Å². The third-order valence-electron chi connectivity index (χ3n) is 13.7. The first kappa shape index (κ1) is 62.1. The number of aliphatic hydroxyl groups excluding tert-OH is 1. The molecule has 7 unspecified atom stereocenters. The average Bonchev–Trinajstić information content (AvgIpc) is 3.37. The van der Waals surface area contributed by atoms with Crippen molar-refractivity contribution >= 4 is 19.8 Å². The smallest absolute Gasteiger partial charge is 0.462 e. The van der Waals surface area contributed by atoms with Crippen molar-refractivity contribution in [1.82, 2.24) is 0 Å². The fourth-order valence-corrected chi connectivity index (χ4v) is 10.4. The molecule has 0 bridgehead atoms. The molecule has 1 aliphatic carbocycles. The number of esters is 2. The summed E-state index contributed by atoms with van der Waals surface area (Å²) in [6.07, 6.45) is 28.5. The molecule has 0 saturated heterocycles. The van der Waals surface area contributed by atoms with Crippen molar-refractivity contribution in [3.05, 3.63) is 97.1 Å². The number of carbonyl (C=O) groups excluding carboxylic acids is 2. The zero-order chi connectivity index (χ0) is 51.2. The number of hydrogen-bond donors (Lipinski definition) is 2. The first-order chi connectivity index (χ1) is 34.6. The fourth-order valence-electron chi connectivity index (χ4n) is 9.47. The Hall–Kier alpha value is -3.15. The lowest BCUT2D eigenvalue weighted by molar-refractivity contribution is -0.198. The second kappa shape index (κ2) is 39.3. The second-order valence-electron chi connectivity index (χ2n) is 19.8. The number of aliphatic hydroxyl groups is 1. The van der Waals surface area contributed by atoms with Crippen molar-refractivity contribution in [2.24, 2.45) is 11.8 Å². The predicted octanol–water partition coefficient (Wildman–Crippen LogP) is 15.1. The number of phosphoric ester groups is 1. The van der Waals surface area contributed by atoms with Crippen LogP contribution in [-0.4, -0.2) is 65.7 Å². The summed E-state index contributed by atoms with van der Waals surface area (Å²) in [5.74, 6) is -2.01. The first-order valence-corrected chi connectivity index (χ1v) is 29.4. The number of benzene rings is 2. The van der Waals surface area contributed by atoms with E-state index in [1.807, 2.05) is 60.7 Å². The van der Waals surface area contributed by atoms with Crippen molar-refractivity contribution in [1.29, 1.82) is 0 Å². The van der Waals surface area contributed by atoms with Gasteiger partial charge in [0.15, 0.2) is 6.10 Å². The summed E-state index contributed by atoms with van der Waals surface area (Å²) in [4.78, 5) is 37.5. The largest absolute Gasteiger partial charge is 0.472 e. The summed E-state index contributed by atoms with van der Waals surface area (Å²) in [7, 11) is -5.03. The number of phosphoric acid groups is 1. The van der Waals surface area contributed by atoms with Gasteiger partial charge in [0.25, 0.3) is 0 Å². The molecule has 1 fully saturated rings. The van der Waals surface area contributed by atoms with Crippen molar-refractivity contribution in [2.45, 2.75) is 237 Å². The number of rotatable bonds is 44. The zero-order valence-electron chi connectivity index (χ0n) is 44.0. The van der Waals surface area contributed by atoms with E-state index in [1.54, 1.807) is 12.2 Å². The van der Waals surface area contributed by atoms with Gasteiger partial charge in [0, 0.05) is 24.7 Å². The topological polar surface area (TPSA) is 147 Å². The van der Waals surface area contributed by atoms with E-state index in [1.165, 1.54) is 116 Å². The van der Waals surface area contributed by atoms with Gasteiger partial charge in [-0.05, 0) is 24.0 Å². The molecule has 8 atom stereocenters. The molecular formula is C59H95O11P. The van der Waals surface area contributed by atoms with Crippen molar-refractivity contribution < 1.29 is 52.1 Å². The van der Waals surface area contributed by atoms with E-state index in [-0.39, 0.29) is 32.7 Å². The van der Waals surface area contributed by atoms with Crippen LogP contribution in [0.5, 0.6) is 0 Å². The highest BCUT2D eigenvalue weighted by Crippen LogP contribution is 2.50. The lowest BCUT2D eigenvalue weighted by Crippen LogP contribution is -2.59. The molecule has 1 saturated carbocycles. The number of hydrogen-bond acceptors (Lipinski definition) is 10. The van der Waals surface area contributed by atoms with Crippen LogP contribution in [0.15, 0.2) is 86.0 Å². The number of unbranched alkanes of at least 4 members (excludes halogenated alkanes) is 24. The van der Waals surface area contributed by atoms with Gasteiger partial charge >= 0.3 is 19.8 Å². The quantitative estimate of drug-likeness (QED) is 0.0283. The highest BCUT2D eigenvalue weighted by Gasteiger charge is 2.52. The van der Waals surface area contributed by atoms with Crippen LogP contribution in [-0.2, 0) is 55.4 Å². The van der Waals surface area contributed by atoms with Gasteiger partial charge < -0.3 is 28.9 Å². The molecule has 0 radical (unpaired) electrons. The number of carbonyl (C=O) groups is 2. The average molecular weight is 1010 g/mol. The lowest BCUT2D eigenvalue weighted by atomic mass is 9.72. The third-order valence-corrected chi connectivity index (χ3v) is 14.7. The Morgan fingerprint density at radius 1 is 0.549 bits per heavy atom. The van der Waals surface area contributed by atoms with E-state index in [0.717, 1.165) is 49.7 Å². The lowest BCUT2D eigenvalue weighted by Gasteiger charge is -2.47. The fraction of sp³-hybridized carbons (Fsp3) is 0.695. The monoisotopic (exact) mass is 1010 g/mol. The molecule has 2 aromatic rings. The maximum absolute atomic E-state index is 14.0.